The van der Waals surface area contributed by atoms with Gasteiger partial charge in [-0.15, -0.1) is 0 Å². The van der Waals surface area contributed by atoms with Crippen LogP contribution in [0.5, 0.6) is 0 Å². The zero-order valence-corrected chi connectivity index (χ0v) is 13.2. The van der Waals surface area contributed by atoms with Gasteiger partial charge < -0.3 is 10.4 Å². The maximum Gasteiger partial charge on any atom is 0.226 e. The van der Waals surface area contributed by atoms with E-state index >= 15 is 0 Å². The maximum absolute atomic E-state index is 12.6. The summed E-state index contributed by atoms with van der Waals surface area (Å²) in [6.07, 6.45) is -1.07. The van der Waals surface area contributed by atoms with Crippen LogP contribution in [0.25, 0.3) is 0 Å². The Labute approximate surface area is 123 Å². The Hall–Kier alpha value is 0.0200. The average molecular weight is 434 g/mol. The van der Waals surface area contributed by atoms with Crippen LogP contribution < -0.4 is 5.32 Å². The molecule has 0 saturated carbocycles. The van der Waals surface area contributed by atoms with Crippen molar-refractivity contribution in [2.75, 3.05) is 0 Å². The molecular formula is C10H9Br3FNO2. The quantitative estimate of drug-likeness (QED) is 0.568. The van der Waals surface area contributed by atoms with Crippen LogP contribution in [0.15, 0.2) is 24.3 Å². The van der Waals surface area contributed by atoms with Gasteiger partial charge in [0.1, 0.15) is 5.82 Å². The number of halogens is 4. The third-order valence-corrected chi connectivity index (χ3v) is 3.19. The van der Waals surface area contributed by atoms with Crippen molar-refractivity contribution in [3.05, 3.63) is 35.6 Å². The van der Waals surface area contributed by atoms with E-state index in [1.54, 1.807) is 0 Å². The van der Waals surface area contributed by atoms with E-state index in [9.17, 15) is 14.3 Å². The van der Waals surface area contributed by atoms with Gasteiger partial charge in [-0.1, -0.05) is 59.9 Å². The molecule has 0 aliphatic heterocycles. The second-order valence-electron chi connectivity index (χ2n) is 3.31. The molecule has 94 valence electrons. The predicted molar refractivity (Wildman–Crippen MR) is 73.8 cm³/mol. The molecule has 0 spiro atoms. The molecule has 17 heavy (non-hydrogen) atoms. The number of aliphatic hydroxyl groups excluding tert-OH is 1. The molecule has 0 radical (unpaired) electrons. The fourth-order valence-corrected chi connectivity index (χ4v) is 1.42. The lowest BCUT2D eigenvalue weighted by Crippen LogP contribution is -2.43. The number of amides is 1. The fourth-order valence-electron chi connectivity index (χ4n) is 1.07. The number of benzene rings is 1. The number of hydrogen-bond acceptors (Lipinski definition) is 2. The highest BCUT2D eigenvalue weighted by Gasteiger charge is 2.30. The van der Waals surface area contributed by atoms with Gasteiger partial charge in [0, 0.05) is 0 Å². The third kappa shape index (κ3) is 5.46. The molecule has 1 aromatic carbocycles. The van der Waals surface area contributed by atoms with Crippen LogP contribution in [0.2, 0.25) is 0 Å². The summed E-state index contributed by atoms with van der Waals surface area (Å²) in [6.45, 7) is 0. The number of hydrogen-bond donors (Lipinski definition) is 2. The van der Waals surface area contributed by atoms with Gasteiger partial charge in [-0.2, -0.15) is 0 Å². The van der Waals surface area contributed by atoms with Gasteiger partial charge in [-0.25, -0.2) is 4.39 Å². The Balaban J connectivity index is 2.53. The molecule has 0 heterocycles. The first-order chi connectivity index (χ1) is 7.79. The molecule has 0 aromatic heterocycles. The van der Waals surface area contributed by atoms with Crippen molar-refractivity contribution < 1.29 is 14.3 Å². The number of nitrogens with one attached hydrogen (secondary N) is 1. The van der Waals surface area contributed by atoms with E-state index in [2.05, 4.69) is 53.1 Å². The summed E-state index contributed by atoms with van der Waals surface area (Å²) in [5.74, 6) is -0.721. The zero-order valence-electron chi connectivity index (χ0n) is 8.46. The van der Waals surface area contributed by atoms with Gasteiger partial charge in [0.25, 0.3) is 0 Å². The molecule has 1 atom stereocenters. The van der Waals surface area contributed by atoms with E-state index in [-0.39, 0.29) is 18.1 Å². The summed E-state index contributed by atoms with van der Waals surface area (Å²) in [5.41, 5.74) is 0.667. The molecule has 7 heteroatoms. The molecule has 1 rings (SSSR count). The van der Waals surface area contributed by atoms with Crippen LogP contribution >= 0.6 is 47.8 Å². The largest absolute Gasteiger partial charge is 0.370 e. The number of alkyl halides is 3. The van der Waals surface area contributed by atoms with Crippen LogP contribution in [0.3, 0.4) is 0 Å². The predicted octanol–water partition coefficient (Wildman–Crippen LogP) is 2.64. The maximum atomic E-state index is 12.6. The first-order valence-electron chi connectivity index (χ1n) is 4.57. The molecule has 3 nitrogen and oxygen atoms in total. The smallest absolute Gasteiger partial charge is 0.226 e. The molecular weight excluding hydrogens is 425 g/mol. The van der Waals surface area contributed by atoms with Crippen molar-refractivity contribution in [3.8, 4) is 0 Å². The minimum Gasteiger partial charge on any atom is -0.370 e. The summed E-state index contributed by atoms with van der Waals surface area (Å²) in [6, 6.07) is 5.60. The normalized spacial score (nSPS) is 13.2. The van der Waals surface area contributed by atoms with E-state index in [0.29, 0.717) is 5.56 Å². The van der Waals surface area contributed by atoms with E-state index in [1.807, 2.05) is 0 Å². The van der Waals surface area contributed by atoms with Crippen molar-refractivity contribution in [2.24, 2.45) is 0 Å². The first kappa shape index (κ1) is 15.1. The van der Waals surface area contributed by atoms with Crippen LogP contribution in [0.4, 0.5) is 4.39 Å². The zero-order chi connectivity index (χ0) is 13.1. The molecule has 1 amide bonds. The summed E-state index contributed by atoms with van der Waals surface area (Å²) < 4.78 is 11.7. The Morgan fingerprint density at radius 1 is 1.35 bits per heavy atom. The topological polar surface area (TPSA) is 49.3 Å². The Kier molecular flexibility index (Phi) is 5.56. The highest BCUT2D eigenvalue weighted by Crippen LogP contribution is 2.35. The van der Waals surface area contributed by atoms with Gasteiger partial charge >= 0.3 is 0 Å². The van der Waals surface area contributed by atoms with E-state index in [4.69, 9.17) is 0 Å². The molecule has 0 aliphatic carbocycles. The van der Waals surface area contributed by atoms with Crippen molar-refractivity contribution in [2.45, 2.75) is 14.8 Å². The lowest BCUT2D eigenvalue weighted by atomic mass is 10.1. The summed E-state index contributed by atoms with van der Waals surface area (Å²) >= 11 is 9.26. The van der Waals surface area contributed by atoms with Gasteiger partial charge in [0.2, 0.25) is 5.91 Å². The highest BCUT2D eigenvalue weighted by atomic mass is 80.0. The van der Waals surface area contributed by atoms with E-state index < -0.39 is 8.37 Å². The second kappa shape index (κ2) is 6.26. The van der Waals surface area contributed by atoms with Crippen molar-refractivity contribution in [1.82, 2.24) is 5.32 Å². The SMILES string of the molecule is O=C(Cc1ccc(F)cc1)N[C@@H](O)C(Br)(Br)Br. The average Bonchev–Trinajstić information content (AvgIpc) is 2.20. The Morgan fingerprint density at radius 2 is 1.88 bits per heavy atom. The molecule has 0 fully saturated rings. The molecule has 0 bridgehead atoms. The molecule has 0 saturated heterocycles. The van der Waals surface area contributed by atoms with Crippen molar-refractivity contribution in [3.63, 3.8) is 0 Å². The van der Waals surface area contributed by atoms with Crippen molar-refractivity contribution in [1.29, 1.82) is 0 Å². The summed E-state index contributed by atoms with van der Waals surface area (Å²) in [7, 11) is 0. The van der Waals surface area contributed by atoms with Gasteiger partial charge in [0.05, 0.1) is 6.42 Å². The van der Waals surface area contributed by atoms with E-state index in [1.165, 1.54) is 24.3 Å². The molecule has 1 aromatic rings. The monoisotopic (exact) mass is 431 g/mol. The van der Waals surface area contributed by atoms with Crippen LogP contribution in [-0.4, -0.2) is 19.4 Å². The van der Waals surface area contributed by atoms with Crippen LogP contribution in [0, 0.1) is 5.82 Å². The van der Waals surface area contributed by atoms with Gasteiger partial charge in [-0.05, 0) is 17.7 Å². The Morgan fingerprint density at radius 3 is 2.35 bits per heavy atom. The number of carbonyl (C=O) groups excluding carboxylic acids is 1. The third-order valence-electron chi connectivity index (χ3n) is 1.89. The van der Waals surface area contributed by atoms with E-state index in [0.717, 1.165) is 0 Å². The first-order valence-corrected chi connectivity index (χ1v) is 6.95. The second-order valence-corrected chi connectivity index (χ2v) is 10.3. The highest BCUT2D eigenvalue weighted by molar-refractivity contribution is 9.39. The standard InChI is InChI=1S/C10H9Br3FNO2/c11-10(12,13)9(17)15-8(16)5-6-1-3-7(14)4-2-6/h1-4,9,17H,5H2,(H,15,16)/t9-/m0/s1. The lowest BCUT2D eigenvalue weighted by molar-refractivity contribution is -0.123. The molecule has 0 unspecified atom stereocenters. The minimum absolute atomic E-state index is 0.0699. The Bertz CT molecular complexity index is 392. The lowest BCUT2D eigenvalue weighted by Gasteiger charge is -2.21. The summed E-state index contributed by atoms with van der Waals surface area (Å²) in [4.78, 5) is 11.5. The molecule has 0 aliphatic rings. The molecule has 2 N–H and O–H groups in total. The van der Waals surface area contributed by atoms with Gasteiger partial charge in [-0.3, -0.25) is 4.79 Å². The van der Waals surface area contributed by atoms with Crippen molar-refractivity contribution >= 4 is 53.7 Å². The number of rotatable bonds is 3. The van der Waals surface area contributed by atoms with Gasteiger partial charge in [0.15, 0.2) is 8.37 Å². The number of aliphatic hydroxyl groups is 1. The van der Waals surface area contributed by atoms with Crippen LogP contribution in [-0.2, 0) is 11.2 Å². The summed E-state index contributed by atoms with van der Waals surface area (Å²) in [5, 5.41) is 11.9. The van der Waals surface area contributed by atoms with Crippen LogP contribution in [0.1, 0.15) is 5.56 Å². The fraction of sp³-hybridized carbons (Fsp3) is 0.300. The number of carbonyl (C=O) groups is 1. The minimum atomic E-state index is -1.14.